The first-order valence-corrected chi connectivity index (χ1v) is 7.19. The molecule has 0 aliphatic rings. The minimum atomic E-state index is 0.565. The Kier molecular flexibility index (Phi) is 7.31. The Balaban J connectivity index is 2.30. The maximum absolute atomic E-state index is 5.71. The molecular weight excluding hydrogens is 222 g/mol. The summed E-state index contributed by atoms with van der Waals surface area (Å²) in [6, 6.07) is 8.25. The molecule has 0 amide bonds. The Bertz CT molecular complexity index is 323. The van der Waals surface area contributed by atoms with Crippen LogP contribution in [0.4, 0.5) is 5.69 Å². The van der Waals surface area contributed by atoms with Crippen molar-refractivity contribution in [2.75, 3.05) is 18.5 Å². The fourth-order valence-corrected chi connectivity index (χ4v) is 1.74. The smallest absolute Gasteiger partial charge is 0.121 e. The maximum Gasteiger partial charge on any atom is 0.121 e. The van der Waals surface area contributed by atoms with Crippen LogP contribution in [0, 0.1) is 5.92 Å². The van der Waals surface area contributed by atoms with Gasteiger partial charge in [-0.05, 0) is 24.5 Å². The molecule has 0 radical (unpaired) electrons. The number of hydrogen-bond acceptors (Lipinski definition) is 2. The predicted octanol–water partition coefficient (Wildman–Crippen LogP) is 4.71. The standard InChI is InChI=1S/C16H27NO/c1-4-5-6-7-11-17-15-9-8-10-16(12-15)18-13-14(2)3/h8-10,12,14,17H,4-7,11,13H2,1-3H3. The number of nitrogens with one attached hydrogen (secondary N) is 1. The zero-order chi connectivity index (χ0) is 13.2. The fraction of sp³-hybridized carbons (Fsp3) is 0.625. The molecule has 0 aliphatic heterocycles. The molecule has 0 atom stereocenters. The molecule has 2 heteroatoms. The van der Waals surface area contributed by atoms with Gasteiger partial charge in [-0.2, -0.15) is 0 Å². The van der Waals surface area contributed by atoms with Crippen molar-refractivity contribution in [3.05, 3.63) is 24.3 Å². The molecule has 0 saturated heterocycles. The van der Waals surface area contributed by atoms with E-state index in [-0.39, 0.29) is 0 Å². The second kappa shape index (κ2) is 8.84. The summed E-state index contributed by atoms with van der Waals surface area (Å²) < 4.78 is 5.71. The quantitative estimate of drug-likeness (QED) is 0.640. The van der Waals surface area contributed by atoms with E-state index >= 15 is 0 Å². The molecule has 0 saturated carbocycles. The van der Waals surface area contributed by atoms with Gasteiger partial charge in [0.1, 0.15) is 5.75 Å². The number of hydrogen-bond donors (Lipinski definition) is 1. The van der Waals surface area contributed by atoms with Crippen molar-refractivity contribution in [3.8, 4) is 5.75 Å². The minimum Gasteiger partial charge on any atom is -0.493 e. The third-order valence-corrected chi connectivity index (χ3v) is 2.78. The summed E-state index contributed by atoms with van der Waals surface area (Å²) in [6.45, 7) is 8.39. The van der Waals surface area contributed by atoms with E-state index in [4.69, 9.17) is 4.74 Å². The molecule has 18 heavy (non-hydrogen) atoms. The highest BCUT2D eigenvalue weighted by Gasteiger charge is 1.98. The molecule has 1 N–H and O–H groups in total. The lowest BCUT2D eigenvalue weighted by molar-refractivity contribution is 0.271. The molecule has 102 valence electrons. The number of unbranched alkanes of at least 4 members (excludes halogenated alkanes) is 3. The molecule has 0 spiro atoms. The van der Waals surface area contributed by atoms with Gasteiger partial charge in [-0.3, -0.25) is 0 Å². The Morgan fingerprint density at radius 1 is 1.17 bits per heavy atom. The van der Waals surface area contributed by atoms with E-state index < -0.39 is 0 Å². The zero-order valence-electron chi connectivity index (χ0n) is 12.0. The second-order valence-corrected chi connectivity index (χ2v) is 5.22. The van der Waals surface area contributed by atoms with E-state index in [9.17, 15) is 0 Å². The van der Waals surface area contributed by atoms with Crippen LogP contribution in [-0.4, -0.2) is 13.2 Å². The Hall–Kier alpha value is -1.18. The molecule has 1 aromatic rings. The van der Waals surface area contributed by atoms with Crippen LogP contribution in [0.2, 0.25) is 0 Å². The number of anilines is 1. The first-order valence-electron chi connectivity index (χ1n) is 7.19. The van der Waals surface area contributed by atoms with Crippen LogP contribution in [0.1, 0.15) is 46.5 Å². The molecular formula is C16H27NO. The van der Waals surface area contributed by atoms with E-state index in [1.54, 1.807) is 0 Å². The summed E-state index contributed by atoms with van der Waals surface area (Å²) in [6.07, 6.45) is 5.18. The summed E-state index contributed by atoms with van der Waals surface area (Å²) in [4.78, 5) is 0. The van der Waals surface area contributed by atoms with E-state index in [1.807, 2.05) is 12.1 Å². The van der Waals surface area contributed by atoms with Gasteiger partial charge in [-0.1, -0.05) is 46.1 Å². The van der Waals surface area contributed by atoms with Gasteiger partial charge < -0.3 is 10.1 Å². The van der Waals surface area contributed by atoms with Crippen molar-refractivity contribution in [1.29, 1.82) is 0 Å². The van der Waals surface area contributed by atoms with Gasteiger partial charge in [0.25, 0.3) is 0 Å². The van der Waals surface area contributed by atoms with Gasteiger partial charge in [0.15, 0.2) is 0 Å². The average molecular weight is 249 g/mol. The highest BCUT2D eigenvalue weighted by Crippen LogP contribution is 2.18. The van der Waals surface area contributed by atoms with Gasteiger partial charge in [-0.15, -0.1) is 0 Å². The van der Waals surface area contributed by atoms with E-state index in [2.05, 4.69) is 38.2 Å². The van der Waals surface area contributed by atoms with Crippen LogP contribution in [-0.2, 0) is 0 Å². The maximum atomic E-state index is 5.71. The topological polar surface area (TPSA) is 21.3 Å². The summed E-state index contributed by atoms with van der Waals surface area (Å²) in [7, 11) is 0. The van der Waals surface area contributed by atoms with Gasteiger partial charge >= 0.3 is 0 Å². The first kappa shape index (κ1) is 14.9. The Labute approximate surface area is 112 Å². The van der Waals surface area contributed by atoms with Crippen molar-refractivity contribution in [2.24, 2.45) is 5.92 Å². The summed E-state index contributed by atoms with van der Waals surface area (Å²) >= 11 is 0. The molecule has 0 fully saturated rings. The molecule has 0 heterocycles. The lowest BCUT2D eigenvalue weighted by Gasteiger charge is -2.11. The normalized spacial score (nSPS) is 10.7. The number of benzene rings is 1. The average Bonchev–Trinajstić information content (AvgIpc) is 2.37. The van der Waals surface area contributed by atoms with E-state index in [0.717, 1.165) is 24.6 Å². The highest BCUT2D eigenvalue weighted by atomic mass is 16.5. The number of rotatable bonds is 9. The van der Waals surface area contributed by atoms with Gasteiger partial charge in [0.05, 0.1) is 6.61 Å². The van der Waals surface area contributed by atoms with Crippen molar-refractivity contribution in [2.45, 2.75) is 46.5 Å². The molecule has 0 aromatic heterocycles. The van der Waals surface area contributed by atoms with Crippen LogP contribution < -0.4 is 10.1 Å². The lowest BCUT2D eigenvalue weighted by atomic mass is 10.2. The van der Waals surface area contributed by atoms with E-state index in [1.165, 1.54) is 25.7 Å². The molecule has 1 rings (SSSR count). The lowest BCUT2D eigenvalue weighted by Crippen LogP contribution is -2.05. The molecule has 0 bridgehead atoms. The highest BCUT2D eigenvalue weighted by molar-refractivity contribution is 5.48. The third-order valence-electron chi connectivity index (χ3n) is 2.78. The van der Waals surface area contributed by atoms with E-state index in [0.29, 0.717) is 5.92 Å². The van der Waals surface area contributed by atoms with Crippen LogP contribution in [0.15, 0.2) is 24.3 Å². The van der Waals surface area contributed by atoms with Crippen molar-refractivity contribution < 1.29 is 4.74 Å². The van der Waals surface area contributed by atoms with Crippen molar-refractivity contribution in [3.63, 3.8) is 0 Å². The number of ether oxygens (including phenoxy) is 1. The SMILES string of the molecule is CCCCCCNc1cccc(OCC(C)C)c1. The predicted molar refractivity (Wildman–Crippen MR) is 79.4 cm³/mol. The van der Waals surface area contributed by atoms with Crippen molar-refractivity contribution >= 4 is 5.69 Å². The van der Waals surface area contributed by atoms with Crippen LogP contribution in [0.5, 0.6) is 5.75 Å². The zero-order valence-corrected chi connectivity index (χ0v) is 12.0. The summed E-state index contributed by atoms with van der Waals surface area (Å²) in [5.41, 5.74) is 1.16. The fourth-order valence-electron chi connectivity index (χ4n) is 1.74. The van der Waals surface area contributed by atoms with Gasteiger partial charge in [0, 0.05) is 18.3 Å². The summed E-state index contributed by atoms with van der Waals surface area (Å²) in [5, 5.41) is 3.45. The summed E-state index contributed by atoms with van der Waals surface area (Å²) in [5.74, 6) is 1.53. The molecule has 2 nitrogen and oxygen atoms in total. The van der Waals surface area contributed by atoms with Crippen LogP contribution in [0.25, 0.3) is 0 Å². The minimum absolute atomic E-state index is 0.565. The molecule has 0 unspecified atom stereocenters. The van der Waals surface area contributed by atoms with Gasteiger partial charge in [-0.25, -0.2) is 0 Å². The largest absolute Gasteiger partial charge is 0.493 e. The van der Waals surface area contributed by atoms with Crippen molar-refractivity contribution in [1.82, 2.24) is 0 Å². The molecule has 1 aromatic carbocycles. The Morgan fingerprint density at radius 3 is 2.72 bits per heavy atom. The first-order chi connectivity index (χ1) is 8.72. The molecule has 0 aliphatic carbocycles. The van der Waals surface area contributed by atoms with Crippen LogP contribution >= 0.6 is 0 Å². The Morgan fingerprint density at radius 2 is 2.00 bits per heavy atom. The second-order valence-electron chi connectivity index (χ2n) is 5.22. The van der Waals surface area contributed by atoms with Crippen LogP contribution in [0.3, 0.4) is 0 Å². The van der Waals surface area contributed by atoms with Gasteiger partial charge in [0.2, 0.25) is 0 Å². The monoisotopic (exact) mass is 249 g/mol. The third kappa shape index (κ3) is 6.53.